The van der Waals surface area contributed by atoms with Crippen LogP contribution < -0.4 is 5.73 Å². The van der Waals surface area contributed by atoms with Gasteiger partial charge in [0.25, 0.3) is 0 Å². The fraction of sp³-hybridized carbons (Fsp3) is 0.250. The minimum atomic E-state index is -1.44. The minimum Gasteiger partial charge on any atom is -0.324 e. The van der Waals surface area contributed by atoms with E-state index in [1.807, 2.05) is 6.07 Å². The molecule has 20 heavy (non-hydrogen) atoms. The Bertz CT molecular complexity index is 667. The van der Waals surface area contributed by atoms with Crippen LogP contribution in [0.3, 0.4) is 0 Å². The molecular formula is C16H14F3N. The van der Waals surface area contributed by atoms with Crippen LogP contribution in [0.25, 0.3) is 11.1 Å². The predicted octanol–water partition coefficient (Wildman–Crippen LogP) is 4.11. The van der Waals surface area contributed by atoms with Gasteiger partial charge in [-0.2, -0.15) is 0 Å². The second-order valence-corrected chi connectivity index (χ2v) is 5.14. The fourth-order valence-electron chi connectivity index (χ4n) is 2.75. The summed E-state index contributed by atoms with van der Waals surface area (Å²) in [5, 5.41) is 0. The maximum absolute atomic E-state index is 13.8. The van der Waals surface area contributed by atoms with Gasteiger partial charge in [0, 0.05) is 11.6 Å². The van der Waals surface area contributed by atoms with Crippen LogP contribution in [-0.4, -0.2) is 0 Å². The molecule has 0 bridgehead atoms. The SMILES string of the molecule is NC1CCCc2ccc(-c3ccc(F)c(F)c3F)cc21. The molecular weight excluding hydrogens is 263 g/mol. The van der Waals surface area contributed by atoms with Crippen LogP contribution >= 0.6 is 0 Å². The van der Waals surface area contributed by atoms with E-state index in [2.05, 4.69) is 0 Å². The van der Waals surface area contributed by atoms with Crippen LogP contribution in [0.1, 0.15) is 30.0 Å². The quantitative estimate of drug-likeness (QED) is 0.780. The smallest absolute Gasteiger partial charge is 0.195 e. The van der Waals surface area contributed by atoms with Crippen LogP contribution in [0.5, 0.6) is 0 Å². The topological polar surface area (TPSA) is 26.0 Å². The number of fused-ring (bicyclic) bond motifs is 1. The number of halogens is 3. The van der Waals surface area contributed by atoms with Crippen molar-refractivity contribution in [2.45, 2.75) is 25.3 Å². The Morgan fingerprint density at radius 2 is 1.80 bits per heavy atom. The number of hydrogen-bond acceptors (Lipinski definition) is 1. The standard InChI is InChI=1S/C16H14F3N/c17-13-7-6-11(15(18)16(13)19)10-5-4-9-2-1-3-14(20)12(9)8-10/h4-8,14H,1-3,20H2. The zero-order valence-corrected chi connectivity index (χ0v) is 10.8. The summed E-state index contributed by atoms with van der Waals surface area (Å²) in [7, 11) is 0. The molecule has 1 aliphatic carbocycles. The third-order valence-electron chi connectivity index (χ3n) is 3.85. The molecule has 0 radical (unpaired) electrons. The summed E-state index contributed by atoms with van der Waals surface area (Å²) in [6.45, 7) is 0. The van der Waals surface area contributed by atoms with Gasteiger partial charge >= 0.3 is 0 Å². The molecule has 2 aromatic carbocycles. The summed E-state index contributed by atoms with van der Waals surface area (Å²) in [5.74, 6) is -3.78. The summed E-state index contributed by atoms with van der Waals surface area (Å²) < 4.78 is 40.1. The third-order valence-corrected chi connectivity index (χ3v) is 3.85. The van der Waals surface area contributed by atoms with E-state index in [0.717, 1.165) is 36.5 Å². The van der Waals surface area contributed by atoms with E-state index < -0.39 is 17.5 Å². The molecule has 2 aromatic rings. The van der Waals surface area contributed by atoms with Crippen molar-refractivity contribution < 1.29 is 13.2 Å². The van der Waals surface area contributed by atoms with E-state index in [1.54, 1.807) is 12.1 Å². The first kappa shape index (κ1) is 13.2. The fourth-order valence-corrected chi connectivity index (χ4v) is 2.75. The molecule has 0 saturated carbocycles. The van der Waals surface area contributed by atoms with Gasteiger partial charge in [-0.05, 0) is 54.2 Å². The van der Waals surface area contributed by atoms with Gasteiger partial charge in [0.1, 0.15) is 0 Å². The second-order valence-electron chi connectivity index (χ2n) is 5.14. The maximum atomic E-state index is 13.8. The molecule has 1 unspecified atom stereocenters. The van der Waals surface area contributed by atoms with Crippen molar-refractivity contribution >= 4 is 0 Å². The number of benzene rings is 2. The molecule has 0 amide bonds. The second kappa shape index (κ2) is 4.94. The first-order valence-corrected chi connectivity index (χ1v) is 6.60. The lowest BCUT2D eigenvalue weighted by molar-refractivity contribution is 0.449. The molecule has 1 atom stereocenters. The van der Waals surface area contributed by atoms with Gasteiger partial charge in [-0.25, -0.2) is 13.2 Å². The number of hydrogen-bond donors (Lipinski definition) is 1. The molecule has 0 spiro atoms. The van der Waals surface area contributed by atoms with E-state index in [-0.39, 0.29) is 11.6 Å². The third kappa shape index (κ3) is 2.10. The normalized spacial score (nSPS) is 17.9. The Hall–Kier alpha value is -1.81. The van der Waals surface area contributed by atoms with Gasteiger partial charge in [0.2, 0.25) is 0 Å². The van der Waals surface area contributed by atoms with Crippen LogP contribution in [0.4, 0.5) is 13.2 Å². The summed E-state index contributed by atoms with van der Waals surface area (Å²) in [5.41, 5.74) is 8.76. The molecule has 0 aromatic heterocycles. The highest BCUT2D eigenvalue weighted by Gasteiger charge is 2.19. The summed E-state index contributed by atoms with van der Waals surface area (Å²) >= 11 is 0. The van der Waals surface area contributed by atoms with Crippen molar-refractivity contribution in [3.8, 4) is 11.1 Å². The highest BCUT2D eigenvalue weighted by Crippen LogP contribution is 2.33. The maximum Gasteiger partial charge on any atom is 0.195 e. The lowest BCUT2D eigenvalue weighted by atomic mass is 9.86. The minimum absolute atomic E-state index is 0.0597. The molecule has 3 rings (SSSR count). The molecule has 0 heterocycles. The Kier molecular flexibility index (Phi) is 3.26. The monoisotopic (exact) mass is 277 g/mol. The molecule has 0 fully saturated rings. The molecule has 1 aliphatic rings. The summed E-state index contributed by atoms with van der Waals surface area (Å²) in [6, 6.07) is 7.52. The number of nitrogens with two attached hydrogens (primary N) is 1. The molecule has 2 N–H and O–H groups in total. The lowest BCUT2D eigenvalue weighted by Gasteiger charge is -2.23. The van der Waals surface area contributed by atoms with Crippen LogP contribution in [0.2, 0.25) is 0 Å². The van der Waals surface area contributed by atoms with Gasteiger partial charge in [-0.1, -0.05) is 12.1 Å². The van der Waals surface area contributed by atoms with Gasteiger partial charge in [0.15, 0.2) is 17.5 Å². The van der Waals surface area contributed by atoms with Crippen molar-refractivity contribution in [2.75, 3.05) is 0 Å². The largest absolute Gasteiger partial charge is 0.324 e. The van der Waals surface area contributed by atoms with Crippen molar-refractivity contribution in [2.24, 2.45) is 5.73 Å². The summed E-state index contributed by atoms with van der Waals surface area (Å²) in [6.07, 6.45) is 2.87. The Morgan fingerprint density at radius 1 is 1.00 bits per heavy atom. The average molecular weight is 277 g/mol. The molecule has 104 valence electrons. The van der Waals surface area contributed by atoms with E-state index in [1.165, 1.54) is 6.07 Å². The molecule has 0 saturated heterocycles. The van der Waals surface area contributed by atoms with Gasteiger partial charge in [-0.15, -0.1) is 0 Å². The Labute approximate surface area is 115 Å². The zero-order valence-electron chi connectivity index (χ0n) is 10.8. The molecule has 4 heteroatoms. The number of aryl methyl sites for hydroxylation is 1. The Balaban J connectivity index is 2.12. The number of rotatable bonds is 1. The van der Waals surface area contributed by atoms with Crippen LogP contribution in [0.15, 0.2) is 30.3 Å². The average Bonchev–Trinajstić information content (AvgIpc) is 2.45. The highest BCUT2D eigenvalue weighted by atomic mass is 19.2. The van der Waals surface area contributed by atoms with E-state index in [0.29, 0.717) is 5.56 Å². The molecule has 0 aliphatic heterocycles. The van der Waals surface area contributed by atoms with E-state index >= 15 is 0 Å². The van der Waals surface area contributed by atoms with Crippen molar-refractivity contribution in [1.82, 2.24) is 0 Å². The van der Waals surface area contributed by atoms with Crippen molar-refractivity contribution in [3.63, 3.8) is 0 Å². The summed E-state index contributed by atoms with van der Waals surface area (Å²) in [4.78, 5) is 0. The predicted molar refractivity (Wildman–Crippen MR) is 71.6 cm³/mol. The van der Waals surface area contributed by atoms with Gasteiger partial charge < -0.3 is 5.73 Å². The van der Waals surface area contributed by atoms with Crippen LogP contribution in [-0.2, 0) is 6.42 Å². The molecule has 1 nitrogen and oxygen atoms in total. The first-order valence-electron chi connectivity index (χ1n) is 6.60. The van der Waals surface area contributed by atoms with E-state index in [4.69, 9.17) is 5.73 Å². The van der Waals surface area contributed by atoms with Crippen molar-refractivity contribution in [1.29, 1.82) is 0 Å². The Morgan fingerprint density at radius 3 is 2.60 bits per heavy atom. The first-order chi connectivity index (χ1) is 9.58. The van der Waals surface area contributed by atoms with Crippen LogP contribution in [0, 0.1) is 17.5 Å². The highest BCUT2D eigenvalue weighted by molar-refractivity contribution is 5.66. The van der Waals surface area contributed by atoms with Crippen molar-refractivity contribution in [3.05, 3.63) is 58.9 Å². The van der Waals surface area contributed by atoms with E-state index in [9.17, 15) is 13.2 Å². The zero-order chi connectivity index (χ0) is 14.3. The lowest BCUT2D eigenvalue weighted by Crippen LogP contribution is -2.17. The van der Waals surface area contributed by atoms with Gasteiger partial charge in [0.05, 0.1) is 0 Å². The van der Waals surface area contributed by atoms with Gasteiger partial charge in [-0.3, -0.25) is 0 Å².